The van der Waals surface area contributed by atoms with Crippen LogP contribution in [0, 0.1) is 5.82 Å². The number of aromatic nitrogens is 2. The van der Waals surface area contributed by atoms with Crippen LogP contribution in [0.15, 0.2) is 72.8 Å². The molecule has 0 spiro atoms. The summed E-state index contributed by atoms with van der Waals surface area (Å²) >= 11 is 12.7. The van der Waals surface area contributed by atoms with Gasteiger partial charge < -0.3 is 10.0 Å². The molecule has 1 saturated heterocycles. The average molecular weight is 538 g/mol. The van der Waals surface area contributed by atoms with Crippen molar-refractivity contribution in [3.63, 3.8) is 0 Å². The van der Waals surface area contributed by atoms with E-state index in [0.717, 1.165) is 11.4 Å². The van der Waals surface area contributed by atoms with Gasteiger partial charge in [0.15, 0.2) is 5.69 Å². The van der Waals surface area contributed by atoms with E-state index in [1.807, 2.05) is 41.8 Å². The van der Waals surface area contributed by atoms with E-state index in [1.165, 1.54) is 12.1 Å². The standard InChI is InChI=1S/C29H26Cl2FN3O2/c1-2-25-26(28(36)34-16-14-29(37,15-17-34)19-6-5-7-21(32)18-19)33-27(23-8-3-4-9-24(23)31)35(25)22-12-10-20(30)11-13-22/h3-13,18,37H,2,14-17H2,1H3. The predicted molar refractivity (Wildman–Crippen MR) is 144 cm³/mol. The van der Waals surface area contributed by atoms with Crippen LogP contribution in [0.1, 0.15) is 41.5 Å². The summed E-state index contributed by atoms with van der Waals surface area (Å²) in [5.74, 6) is -0.0302. The van der Waals surface area contributed by atoms with Crippen molar-refractivity contribution >= 4 is 29.1 Å². The zero-order chi connectivity index (χ0) is 26.2. The fourth-order valence-electron chi connectivity index (χ4n) is 4.94. The number of rotatable bonds is 5. The molecule has 3 aromatic carbocycles. The lowest BCUT2D eigenvalue weighted by atomic mass is 9.84. The van der Waals surface area contributed by atoms with Gasteiger partial charge in [-0.1, -0.05) is 54.4 Å². The summed E-state index contributed by atoms with van der Waals surface area (Å²) in [6, 6.07) is 20.8. The number of imidazole rings is 1. The predicted octanol–water partition coefficient (Wildman–Crippen LogP) is 6.67. The van der Waals surface area contributed by atoms with Crippen LogP contribution < -0.4 is 0 Å². The number of piperidine rings is 1. The van der Waals surface area contributed by atoms with Gasteiger partial charge in [-0.2, -0.15) is 0 Å². The highest BCUT2D eigenvalue weighted by Gasteiger charge is 2.37. The minimum absolute atomic E-state index is 0.209. The molecule has 8 heteroatoms. The van der Waals surface area contributed by atoms with Gasteiger partial charge in [0.1, 0.15) is 11.6 Å². The van der Waals surface area contributed by atoms with Gasteiger partial charge in [-0.3, -0.25) is 9.36 Å². The van der Waals surface area contributed by atoms with Gasteiger partial charge in [0.25, 0.3) is 5.91 Å². The zero-order valence-corrected chi connectivity index (χ0v) is 21.8. The van der Waals surface area contributed by atoms with Gasteiger partial charge >= 0.3 is 0 Å². The normalized spacial score (nSPS) is 15.1. The molecule has 0 bridgehead atoms. The van der Waals surface area contributed by atoms with E-state index in [0.29, 0.717) is 65.0 Å². The molecule has 1 N–H and O–H groups in total. The Kier molecular flexibility index (Phi) is 7.08. The number of likely N-dealkylation sites (tertiary alicyclic amines) is 1. The molecule has 190 valence electrons. The fourth-order valence-corrected chi connectivity index (χ4v) is 5.28. The highest BCUT2D eigenvalue weighted by atomic mass is 35.5. The Balaban J connectivity index is 1.52. The third-order valence-electron chi connectivity index (χ3n) is 6.95. The van der Waals surface area contributed by atoms with Crippen LogP contribution in [0.4, 0.5) is 4.39 Å². The maximum absolute atomic E-state index is 13.8. The first-order chi connectivity index (χ1) is 17.8. The van der Waals surface area contributed by atoms with Crippen molar-refractivity contribution in [3.05, 3.63) is 106 Å². The van der Waals surface area contributed by atoms with Crippen molar-refractivity contribution in [3.8, 4) is 17.1 Å². The van der Waals surface area contributed by atoms with E-state index < -0.39 is 11.4 Å². The van der Waals surface area contributed by atoms with Crippen molar-refractivity contribution in [2.45, 2.75) is 31.8 Å². The van der Waals surface area contributed by atoms with Crippen molar-refractivity contribution in [1.29, 1.82) is 0 Å². The Morgan fingerprint density at radius 1 is 1.03 bits per heavy atom. The molecular weight excluding hydrogens is 512 g/mol. The number of amides is 1. The highest BCUT2D eigenvalue weighted by molar-refractivity contribution is 6.33. The van der Waals surface area contributed by atoms with E-state index in [-0.39, 0.29) is 5.91 Å². The lowest BCUT2D eigenvalue weighted by Gasteiger charge is -2.38. The quantitative estimate of drug-likeness (QED) is 0.309. The molecule has 2 heterocycles. The van der Waals surface area contributed by atoms with E-state index in [1.54, 1.807) is 35.2 Å². The Bertz CT molecular complexity index is 1440. The summed E-state index contributed by atoms with van der Waals surface area (Å²) in [6.07, 6.45) is 1.17. The largest absolute Gasteiger partial charge is 0.385 e. The Hall–Kier alpha value is -3.19. The molecule has 1 aliphatic heterocycles. The van der Waals surface area contributed by atoms with Crippen LogP contribution in [-0.4, -0.2) is 38.6 Å². The zero-order valence-electron chi connectivity index (χ0n) is 20.3. The van der Waals surface area contributed by atoms with Crippen LogP contribution in [-0.2, 0) is 12.0 Å². The minimum atomic E-state index is -1.18. The van der Waals surface area contributed by atoms with Crippen LogP contribution in [0.2, 0.25) is 10.0 Å². The SMILES string of the molecule is CCc1c(C(=O)N2CCC(O)(c3cccc(F)c3)CC2)nc(-c2ccccc2Cl)n1-c1ccc(Cl)cc1. The van der Waals surface area contributed by atoms with E-state index in [4.69, 9.17) is 28.2 Å². The summed E-state index contributed by atoms with van der Waals surface area (Å²) in [7, 11) is 0. The first-order valence-electron chi connectivity index (χ1n) is 12.2. The van der Waals surface area contributed by atoms with Gasteiger partial charge in [-0.15, -0.1) is 0 Å². The number of aliphatic hydroxyl groups is 1. The van der Waals surface area contributed by atoms with Crippen LogP contribution in [0.5, 0.6) is 0 Å². The summed E-state index contributed by atoms with van der Waals surface area (Å²) in [5.41, 5.74) is 1.99. The van der Waals surface area contributed by atoms with Gasteiger partial charge in [0.05, 0.1) is 16.3 Å². The average Bonchev–Trinajstić information content (AvgIpc) is 3.29. The first kappa shape index (κ1) is 25.5. The second-order valence-corrected chi connectivity index (χ2v) is 10.1. The topological polar surface area (TPSA) is 58.4 Å². The van der Waals surface area contributed by atoms with E-state index >= 15 is 0 Å². The lowest BCUT2D eigenvalue weighted by Crippen LogP contribution is -2.45. The monoisotopic (exact) mass is 537 g/mol. The summed E-state index contributed by atoms with van der Waals surface area (Å²) < 4.78 is 15.7. The molecule has 1 aromatic heterocycles. The second-order valence-electron chi connectivity index (χ2n) is 9.21. The first-order valence-corrected chi connectivity index (χ1v) is 13.0. The van der Waals surface area contributed by atoms with Crippen molar-refractivity contribution in [1.82, 2.24) is 14.5 Å². The maximum atomic E-state index is 13.8. The number of hydrogen-bond donors (Lipinski definition) is 1. The minimum Gasteiger partial charge on any atom is -0.385 e. The van der Waals surface area contributed by atoms with Gasteiger partial charge in [0.2, 0.25) is 0 Å². The molecule has 0 saturated carbocycles. The second kappa shape index (κ2) is 10.3. The highest BCUT2D eigenvalue weighted by Crippen LogP contribution is 2.36. The van der Waals surface area contributed by atoms with Crippen molar-refractivity contribution in [2.75, 3.05) is 13.1 Å². The van der Waals surface area contributed by atoms with Gasteiger partial charge in [-0.05, 0) is 73.4 Å². The third kappa shape index (κ3) is 4.89. The smallest absolute Gasteiger partial charge is 0.274 e. The van der Waals surface area contributed by atoms with Crippen LogP contribution in [0.25, 0.3) is 17.1 Å². The number of nitrogens with zero attached hydrogens (tertiary/aromatic N) is 3. The van der Waals surface area contributed by atoms with Crippen LogP contribution in [0.3, 0.4) is 0 Å². The number of carbonyl (C=O) groups is 1. The summed E-state index contributed by atoms with van der Waals surface area (Å²) in [4.78, 5) is 20.3. The maximum Gasteiger partial charge on any atom is 0.274 e. The molecule has 37 heavy (non-hydrogen) atoms. The molecular formula is C29H26Cl2FN3O2. The molecule has 0 aliphatic carbocycles. The molecule has 0 atom stereocenters. The number of benzene rings is 3. The van der Waals surface area contributed by atoms with Gasteiger partial charge in [-0.25, -0.2) is 9.37 Å². The number of hydrogen-bond acceptors (Lipinski definition) is 3. The lowest BCUT2D eigenvalue weighted by molar-refractivity contribution is -0.0214. The number of carbonyl (C=O) groups excluding carboxylic acids is 1. The third-order valence-corrected chi connectivity index (χ3v) is 7.53. The van der Waals surface area contributed by atoms with Crippen LogP contribution >= 0.6 is 23.2 Å². The Labute approximate surface area is 225 Å². The number of halogens is 3. The van der Waals surface area contributed by atoms with E-state index in [9.17, 15) is 14.3 Å². The molecule has 1 aliphatic rings. The Morgan fingerprint density at radius 2 is 1.73 bits per heavy atom. The van der Waals surface area contributed by atoms with E-state index in [2.05, 4.69) is 0 Å². The summed E-state index contributed by atoms with van der Waals surface area (Å²) in [5, 5.41) is 12.3. The molecule has 0 unspecified atom stereocenters. The fraction of sp³-hybridized carbons (Fsp3) is 0.241. The van der Waals surface area contributed by atoms with Crippen molar-refractivity contribution in [2.24, 2.45) is 0 Å². The molecule has 5 nitrogen and oxygen atoms in total. The molecule has 1 fully saturated rings. The van der Waals surface area contributed by atoms with Crippen molar-refractivity contribution < 1.29 is 14.3 Å². The van der Waals surface area contributed by atoms with Gasteiger partial charge in [0, 0.05) is 29.4 Å². The summed E-state index contributed by atoms with van der Waals surface area (Å²) in [6.45, 7) is 2.63. The molecule has 0 radical (unpaired) electrons. The molecule has 4 aromatic rings. The Morgan fingerprint density at radius 3 is 2.38 bits per heavy atom. The molecule has 1 amide bonds. The molecule has 5 rings (SSSR count).